The van der Waals surface area contributed by atoms with Gasteiger partial charge in [0, 0.05) is 16.6 Å². The monoisotopic (exact) mass is 442 g/mol. The summed E-state index contributed by atoms with van der Waals surface area (Å²) in [4.78, 5) is 24.2. The third-order valence-electron chi connectivity index (χ3n) is 4.02. The van der Waals surface area contributed by atoms with Gasteiger partial charge in [-0.15, -0.1) is 0 Å². The average molecular weight is 443 g/mol. The van der Waals surface area contributed by atoms with E-state index in [4.69, 9.17) is 4.74 Å². The van der Waals surface area contributed by atoms with Gasteiger partial charge in [-0.3, -0.25) is 14.7 Å². The quantitative estimate of drug-likeness (QED) is 0.523. The first-order chi connectivity index (χ1) is 13.5. The minimum absolute atomic E-state index is 0.123. The minimum Gasteiger partial charge on any atom is -0.497 e. The molecule has 144 valence electrons. The van der Waals surface area contributed by atoms with Crippen molar-refractivity contribution in [2.75, 3.05) is 13.7 Å². The van der Waals surface area contributed by atoms with Crippen LogP contribution in [0.4, 0.5) is 0 Å². The lowest BCUT2D eigenvalue weighted by atomic mass is 10.1. The molecule has 0 aliphatic carbocycles. The summed E-state index contributed by atoms with van der Waals surface area (Å²) in [5, 5.41) is 12.2. The van der Waals surface area contributed by atoms with E-state index in [-0.39, 0.29) is 12.5 Å². The fourth-order valence-electron chi connectivity index (χ4n) is 2.47. The van der Waals surface area contributed by atoms with Gasteiger partial charge < -0.3 is 15.4 Å². The molecule has 2 aromatic carbocycles. The second-order valence-electron chi connectivity index (χ2n) is 5.98. The molecule has 3 aromatic rings. The van der Waals surface area contributed by atoms with E-state index in [1.54, 1.807) is 13.2 Å². The maximum absolute atomic E-state index is 12.2. The number of rotatable bonds is 7. The lowest BCUT2D eigenvalue weighted by Crippen LogP contribution is -2.36. The molecular weight excluding hydrogens is 424 g/mol. The molecule has 3 rings (SSSR count). The Kier molecular flexibility index (Phi) is 6.44. The highest BCUT2D eigenvalue weighted by Crippen LogP contribution is 2.20. The van der Waals surface area contributed by atoms with Crippen molar-refractivity contribution in [3.8, 4) is 17.0 Å². The lowest BCUT2D eigenvalue weighted by Gasteiger charge is -2.07. The van der Waals surface area contributed by atoms with Crippen LogP contribution in [0.5, 0.6) is 5.75 Å². The molecule has 1 aromatic heterocycles. The van der Waals surface area contributed by atoms with Crippen molar-refractivity contribution in [3.63, 3.8) is 0 Å². The number of methoxy groups -OCH3 is 1. The minimum atomic E-state index is -0.393. The van der Waals surface area contributed by atoms with Crippen LogP contribution in [-0.2, 0) is 11.3 Å². The van der Waals surface area contributed by atoms with Crippen LogP contribution in [-0.4, -0.2) is 35.7 Å². The Labute approximate surface area is 170 Å². The van der Waals surface area contributed by atoms with Crippen molar-refractivity contribution < 1.29 is 14.3 Å². The molecule has 0 bridgehead atoms. The molecule has 0 aliphatic heterocycles. The standard InChI is InChI=1S/C20H19BrN4O3/c1-28-16-8-2-13(3-9-16)11-22-19(26)12-23-20(27)18-10-17(24-25-18)14-4-6-15(21)7-5-14/h2-10H,11-12H2,1H3,(H,22,26)(H,23,27)(H,24,25). The number of aromatic amines is 1. The van der Waals surface area contributed by atoms with Crippen LogP contribution in [0.15, 0.2) is 59.1 Å². The van der Waals surface area contributed by atoms with Gasteiger partial charge in [0.1, 0.15) is 11.4 Å². The zero-order valence-electron chi connectivity index (χ0n) is 15.2. The van der Waals surface area contributed by atoms with Gasteiger partial charge in [0.05, 0.1) is 19.3 Å². The van der Waals surface area contributed by atoms with Crippen LogP contribution in [0.25, 0.3) is 11.3 Å². The first-order valence-corrected chi connectivity index (χ1v) is 9.33. The molecule has 2 amide bonds. The molecule has 0 radical (unpaired) electrons. The molecule has 7 nitrogen and oxygen atoms in total. The maximum atomic E-state index is 12.2. The topological polar surface area (TPSA) is 96.1 Å². The Morgan fingerprint density at radius 2 is 1.79 bits per heavy atom. The van der Waals surface area contributed by atoms with E-state index in [1.807, 2.05) is 48.5 Å². The Morgan fingerprint density at radius 1 is 1.07 bits per heavy atom. The van der Waals surface area contributed by atoms with Gasteiger partial charge in [-0.1, -0.05) is 40.2 Å². The zero-order chi connectivity index (χ0) is 19.9. The highest BCUT2D eigenvalue weighted by atomic mass is 79.9. The normalized spacial score (nSPS) is 10.4. The third kappa shape index (κ3) is 5.20. The van der Waals surface area contributed by atoms with E-state index >= 15 is 0 Å². The molecule has 0 atom stereocenters. The summed E-state index contributed by atoms with van der Waals surface area (Å²) in [5.41, 5.74) is 2.77. The van der Waals surface area contributed by atoms with E-state index in [2.05, 4.69) is 36.8 Å². The number of carbonyl (C=O) groups is 2. The number of benzene rings is 2. The molecule has 0 saturated heterocycles. The van der Waals surface area contributed by atoms with Gasteiger partial charge in [0.15, 0.2) is 0 Å². The van der Waals surface area contributed by atoms with Crippen LogP contribution in [0.2, 0.25) is 0 Å². The summed E-state index contributed by atoms with van der Waals surface area (Å²) in [6.45, 7) is 0.248. The zero-order valence-corrected chi connectivity index (χ0v) is 16.7. The van der Waals surface area contributed by atoms with E-state index in [0.717, 1.165) is 21.3 Å². The van der Waals surface area contributed by atoms with Crippen LogP contribution >= 0.6 is 15.9 Å². The number of H-pyrrole nitrogens is 1. The summed E-state index contributed by atoms with van der Waals surface area (Å²) in [5.74, 6) is 0.0803. The summed E-state index contributed by atoms with van der Waals surface area (Å²) in [6, 6.07) is 16.6. The second-order valence-corrected chi connectivity index (χ2v) is 6.90. The predicted molar refractivity (Wildman–Crippen MR) is 109 cm³/mol. The van der Waals surface area contributed by atoms with Gasteiger partial charge >= 0.3 is 0 Å². The second kappa shape index (κ2) is 9.18. The predicted octanol–water partition coefficient (Wildman–Crippen LogP) is 2.89. The number of carbonyl (C=O) groups excluding carboxylic acids is 2. The van der Waals surface area contributed by atoms with Crippen molar-refractivity contribution in [1.82, 2.24) is 20.8 Å². The summed E-state index contributed by atoms with van der Waals surface area (Å²) in [6.07, 6.45) is 0. The van der Waals surface area contributed by atoms with Gasteiger partial charge in [-0.25, -0.2) is 0 Å². The van der Waals surface area contributed by atoms with Crippen molar-refractivity contribution in [1.29, 1.82) is 0 Å². The smallest absolute Gasteiger partial charge is 0.269 e. The molecule has 8 heteroatoms. The third-order valence-corrected chi connectivity index (χ3v) is 4.55. The Balaban J connectivity index is 1.48. The highest BCUT2D eigenvalue weighted by molar-refractivity contribution is 9.10. The van der Waals surface area contributed by atoms with Crippen molar-refractivity contribution in [2.24, 2.45) is 0 Å². The molecule has 28 heavy (non-hydrogen) atoms. The molecule has 0 fully saturated rings. The molecule has 0 aliphatic rings. The number of nitrogens with one attached hydrogen (secondary N) is 3. The summed E-state index contributed by atoms with van der Waals surface area (Å²) < 4.78 is 6.06. The fraction of sp³-hybridized carbons (Fsp3) is 0.150. The van der Waals surface area contributed by atoms with E-state index in [1.165, 1.54) is 0 Å². The lowest BCUT2D eigenvalue weighted by molar-refractivity contribution is -0.120. The van der Waals surface area contributed by atoms with Crippen molar-refractivity contribution >= 4 is 27.7 Å². The number of halogens is 1. The Hall–Kier alpha value is -3.13. The van der Waals surface area contributed by atoms with Gasteiger partial charge in [-0.2, -0.15) is 5.10 Å². The first kappa shape index (κ1) is 19.6. The summed E-state index contributed by atoms with van der Waals surface area (Å²) >= 11 is 3.38. The molecular formula is C20H19BrN4O3. The maximum Gasteiger partial charge on any atom is 0.269 e. The molecule has 0 spiro atoms. The van der Waals surface area contributed by atoms with Crippen LogP contribution in [0.1, 0.15) is 16.1 Å². The van der Waals surface area contributed by atoms with Crippen LogP contribution in [0.3, 0.4) is 0 Å². The highest BCUT2D eigenvalue weighted by Gasteiger charge is 2.12. The fourth-order valence-corrected chi connectivity index (χ4v) is 2.73. The Morgan fingerprint density at radius 3 is 2.46 bits per heavy atom. The summed E-state index contributed by atoms with van der Waals surface area (Å²) in [7, 11) is 1.60. The Bertz CT molecular complexity index is 952. The SMILES string of the molecule is COc1ccc(CNC(=O)CNC(=O)c2cc(-c3ccc(Br)cc3)n[nH]2)cc1. The number of amides is 2. The van der Waals surface area contributed by atoms with Gasteiger partial charge in [0.25, 0.3) is 5.91 Å². The van der Waals surface area contributed by atoms with Gasteiger partial charge in [0.2, 0.25) is 5.91 Å². The first-order valence-electron chi connectivity index (χ1n) is 8.54. The number of aromatic nitrogens is 2. The van der Waals surface area contributed by atoms with Crippen molar-refractivity contribution in [3.05, 3.63) is 70.3 Å². The number of hydrogen-bond donors (Lipinski definition) is 3. The van der Waals surface area contributed by atoms with E-state index in [0.29, 0.717) is 17.9 Å². The van der Waals surface area contributed by atoms with Gasteiger partial charge in [-0.05, 0) is 35.9 Å². The number of nitrogens with zero attached hydrogens (tertiary/aromatic N) is 1. The number of hydrogen-bond acceptors (Lipinski definition) is 4. The average Bonchev–Trinajstić information content (AvgIpc) is 3.21. The largest absolute Gasteiger partial charge is 0.497 e. The number of ether oxygens (including phenoxy) is 1. The molecule has 0 unspecified atom stereocenters. The van der Waals surface area contributed by atoms with Crippen LogP contribution < -0.4 is 15.4 Å². The molecule has 0 saturated carbocycles. The molecule has 1 heterocycles. The van der Waals surface area contributed by atoms with Crippen molar-refractivity contribution in [2.45, 2.75) is 6.54 Å². The van der Waals surface area contributed by atoms with E-state index in [9.17, 15) is 9.59 Å². The molecule has 3 N–H and O–H groups in total. The van der Waals surface area contributed by atoms with Crippen LogP contribution in [0, 0.1) is 0 Å². The van der Waals surface area contributed by atoms with E-state index < -0.39 is 5.91 Å².